The summed E-state index contributed by atoms with van der Waals surface area (Å²) in [5, 5.41) is 2.44. The smallest absolute Gasteiger partial charge is 0.359 e. The molecule has 20 heavy (non-hydrogen) atoms. The monoisotopic (exact) mass is 286 g/mol. The normalized spacial score (nSPS) is 19.3. The molecule has 1 N–H and O–H groups in total. The topological polar surface area (TPSA) is 49.4 Å². The van der Waals surface area contributed by atoms with E-state index in [1.54, 1.807) is 0 Å². The fraction of sp³-hybridized carbons (Fsp3) is 0.385. The summed E-state index contributed by atoms with van der Waals surface area (Å²) in [4.78, 5) is 24.5. The van der Waals surface area contributed by atoms with Crippen LogP contribution in [-0.2, 0) is 15.8 Å². The summed E-state index contributed by atoms with van der Waals surface area (Å²) in [5.41, 5.74) is -0.651. The second kappa shape index (κ2) is 5.15. The van der Waals surface area contributed by atoms with Gasteiger partial charge in [0.15, 0.2) is 0 Å². The van der Waals surface area contributed by atoms with Crippen molar-refractivity contribution in [2.75, 3.05) is 18.5 Å². The van der Waals surface area contributed by atoms with Crippen LogP contribution in [0, 0.1) is 5.92 Å². The Labute approximate surface area is 113 Å². The third-order valence-electron chi connectivity index (χ3n) is 3.23. The molecule has 0 radical (unpaired) electrons. The SMILES string of the molecule is CNC(=O)C1CC(=O)N(c2cccc(C(F)(F)F)c2)C1. The highest BCUT2D eigenvalue weighted by atomic mass is 19.4. The third kappa shape index (κ3) is 2.76. The van der Waals surface area contributed by atoms with Crippen molar-refractivity contribution >= 4 is 17.5 Å². The number of halogens is 3. The van der Waals surface area contributed by atoms with E-state index in [-0.39, 0.29) is 30.5 Å². The van der Waals surface area contributed by atoms with Crippen LogP contribution in [0.5, 0.6) is 0 Å². The van der Waals surface area contributed by atoms with Crippen LogP contribution in [0.3, 0.4) is 0 Å². The molecule has 1 aromatic rings. The number of alkyl halides is 3. The van der Waals surface area contributed by atoms with Crippen molar-refractivity contribution in [3.63, 3.8) is 0 Å². The van der Waals surface area contributed by atoms with Gasteiger partial charge in [0, 0.05) is 25.7 Å². The quantitative estimate of drug-likeness (QED) is 0.901. The zero-order valence-electron chi connectivity index (χ0n) is 10.7. The molecule has 0 saturated carbocycles. The predicted octanol–water partition coefficient (Wildman–Crippen LogP) is 1.80. The highest BCUT2D eigenvalue weighted by molar-refractivity contribution is 6.00. The first-order valence-corrected chi connectivity index (χ1v) is 6.02. The van der Waals surface area contributed by atoms with Gasteiger partial charge < -0.3 is 10.2 Å². The van der Waals surface area contributed by atoms with E-state index in [0.29, 0.717) is 0 Å². The molecule has 1 atom stereocenters. The van der Waals surface area contributed by atoms with E-state index in [1.807, 2.05) is 0 Å². The first kappa shape index (κ1) is 14.4. The Morgan fingerprint density at radius 1 is 1.40 bits per heavy atom. The molecule has 4 nitrogen and oxygen atoms in total. The van der Waals surface area contributed by atoms with Crippen LogP contribution >= 0.6 is 0 Å². The van der Waals surface area contributed by atoms with Gasteiger partial charge in [-0.05, 0) is 18.2 Å². The van der Waals surface area contributed by atoms with E-state index in [9.17, 15) is 22.8 Å². The maximum atomic E-state index is 12.6. The number of nitrogens with one attached hydrogen (secondary N) is 1. The number of anilines is 1. The van der Waals surface area contributed by atoms with Gasteiger partial charge in [-0.1, -0.05) is 6.07 Å². The van der Waals surface area contributed by atoms with E-state index in [4.69, 9.17) is 0 Å². The van der Waals surface area contributed by atoms with Crippen molar-refractivity contribution in [1.29, 1.82) is 0 Å². The van der Waals surface area contributed by atoms with Gasteiger partial charge in [-0.25, -0.2) is 0 Å². The van der Waals surface area contributed by atoms with Crippen LogP contribution in [0.1, 0.15) is 12.0 Å². The van der Waals surface area contributed by atoms with Crippen molar-refractivity contribution in [3.05, 3.63) is 29.8 Å². The van der Waals surface area contributed by atoms with Crippen LogP contribution in [0.25, 0.3) is 0 Å². The molecule has 108 valence electrons. The molecule has 1 saturated heterocycles. The molecule has 0 aromatic heterocycles. The Bertz CT molecular complexity index is 543. The van der Waals surface area contributed by atoms with Crippen LogP contribution in [-0.4, -0.2) is 25.4 Å². The third-order valence-corrected chi connectivity index (χ3v) is 3.23. The number of benzene rings is 1. The van der Waals surface area contributed by atoms with Crippen molar-refractivity contribution in [2.24, 2.45) is 5.92 Å². The molecule has 1 fully saturated rings. The Morgan fingerprint density at radius 2 is 2.10 bits per heavy atom. The van der Waals surface area contributed by atoms with Crippen molar-refractivity contribution in [1.82, 2.24) is 5.32 Å². The summed E-state index contributed by atoms with van der Waals surface area (Å²) < 4.78 is 37.9. The molecular weight excluding hydrogens is 273 g/mol. The minimum atomic E-state index is -4.46. The lowest BCUT2D eigenvalue weighted by atomic mass is 10.1. The summed E-state index contributed by atoms with van der Waals surface area (Å²) >= 11 is 0. The molecule has 1 aromatic carbocycles. The van der Waals surface area contributed by atoms with Gasteiger partial charge >= 0.3 is 6.18 Å². The number of rotatable bonds is 2. The first-order valence-electron chi connectivity index (χ1n) is 6.02. The number of nitrogens with zero attached hydrogens (tertiary/aromatic N) is 1. The van der Waals surface area contributed by atoms with Gasteiger partial charge in [-0.3, -0.25) is 9.59 Å². The lowest BCUT2D eigenvalue weighted by Crippen LogP contribution is -2.30. The van der Waals surface area contributed by atoms with E-state index in [0.717, 1.165) is 12.1 Å². The molecule has 0 bridgehead atoms. The number of carbonyl (C=O) groups is 2. The Kier molecular flexibility index (Phi) is 3.69. The number of hydrogen-bond donors (Lipinski definition) is 1. The van der Waals surface area contributed by atoms with Gasteiger partial charge in [0.05, 0.1) is 11.5 Å². The van der Waals surface area contributed by atoms with Gasteiger partial charge in [0.2, 0.25) is 11.8 Å². The van der Waals surface area contributed by atoms with Crippen LogP contribution in [0.2, 0.25) is 0 Å². The average molecular weight is 286 g/mol. The molecule has 0 aliphatic carbocycles. The lowest BCUT2D eigenvalue weighted by molar-refractivity contribution is -0.137. The summed E-state index contributed by atoms with van der Waals surface area (Å²) in [6, 6.07) is 4.54. The standard InChI is InChI=1S/C13H13F3N2O2/c1-17-12(20)8-5-11(19)18(7-8)10-4-2-3-9(6-10)13(14,15)16/h2-4,6,8H,5,7H2,1H3,(H,17,20). The largest absolute Gasteiger partial charge is 0.416 e. The zero-order chi connectivity index (χ0) is 14.9. The maximum Gasteiger partial charge on any atom is 0.416 e. The Balaban J connectivity index is 2.24. The highest BCUT2D eigenvalue weighted by Crippen LogP contribution is 2.33. The fourth-order valence-corrected chi connectivity index (χ4v) is 2.19. The maximum absolute atomic E-state index is 12.6. The Hall–Kier alpha value is -2.05. The summed E-state index contributed by atoms with van der Waals surface area (Å²) in [7, 11) is 1.46. The lowest BCUT2D eigenvalue weighted by Gasteiger charge is -2.18. The van der Waals surface area contributed by atoms with E-state index in [2.05, 4.69) is 5.32 Å². The molecule has 7 heteroatoms. The molecule has 1 aliphatic heterocycles. The molecule has 2 amide bonds. The Morgan fingerprint density at radius 3 is 2.70 bits per heavy atom. The molecule has 0 spiro atoms. The first-order chi connectivity index (χ1) is 9.32. The predicted molar refractivity (Wildman–Crippen MR) is 66.0 cm³/mol. The summed E-state index contributed by atoms with van der Waals surface area (Å²) in [5.74, 6) is -1.16. The van der Waals surface area contributed by atoms with E-state index >= 15 is 0 Å². The van der Waals surface area contributed by atoms with Gasteiger partial charge in [0.1, 0.15) is 0 Å². The molecular formula is C13H13F3N2O2. The minimum absolute atomic E-state index is 0.00984. The number of hydrogen-bond acceptors (Lipinski definition) is 2. The van der Waals surface area contributed by atoms with Crippen molar-refractivity contribution < 1.29 is 22.8 Å². The molecule has 1 aliphatic rings. The number of carbonyl (C=O) groups excluding carboxylic acids is 2. The average Bonchev–Trinajstić information content (AvgIpc) is 2.79. The number of amides is 2. The van der Waals surface area contributed by atoms with E-state index in [1.165, 1.54) is 24.1 Å². The summed E-state index contributed by atoms with van der Waals surface area (Å²) in [6.07, 6.45) is -4.45. The minimum Gasteiger partial charge on any atom is -0.359 e. The molecule has 1 heterocycles. The van der Waals surface area contributed by atoms with Crippen LogP contribution < -0.4 is 10.2 Å². The van der Waals surface area contributed by atoms with E-state index < -0.39 is 17.7 Å². The highest BCUT2D eigenvalue weighted by Gasteiger charge is 2.36. The second-order valence-corrected chi connectivity index (χ2v) is 4.57. The van der Waals surface area contributed by atoms with Crippen molar-refractivity contribution in [2.45, 2.75) is 12.6 Å². The van der Waals surface area contributed by atoms with Crippen LogP contribution in [0.4, 0.5) is 18.9 Å². The second-order valence-electron chi connectivity index (χ2n) is 4.57. The van der Waals surface area contributed by atoms with Gasteiger partial charge in [-0.15, -0.1) is 0 Å². The zero-order valence-corrected chi connectivity index (χ0v) is 10.7. The fourth-order valence-electron chi connectivity index (χ4n) is 2.19. The molecule has 1 unspecified atom stereocenters. The van der Waals surface area contributed by atoms with Crippen LogP contribution in [0.15, 0.2) is 24.3 Å². The summed E-state index contributed by atoms with van der Waals surface area (Å²) in [6.45, 7) is 0.0970. The van der Waals surface area contributed by atoms with Crippen molar-refractivity contribution in [3.8, 4) is 0 Å². The molecule has 2 rings (SSSR count). The van der Waals surface area contributed by atoms with Gasteiger partial charge in [0.25, 0.3) is 0 Å². The van der Waals surface area contributed by atoms with Gasteiger partial charge in [-0.2, -0.15) is 13.2 Å².